The smallest absolute Gasteiger partial charge is 0.255 e. The van der Waals surface area contributed by atoms with Crippen molar-refractivity contribution in [1.82, 2.24) is 9.78 Å². The van der Waals surface area contributed by atoms with Gasteiger partial charge in [-0.05, 0) is 68.8 Å². The highest BCUT2D eigenvalue weighted by Crippen LogP contribution is 2.24. The van der Waals surface area contributed by atoms with Gasteiger partial charge in [0.1, 0.15) is 0 Å². The normalized spacial score (nSPS) is 13.8. The SMILES string of the molecule is Cc1cc(C)n(-c2ccc(C(=O)Nc3cccc(N4CCCC4=O)c3)cc2)n1. The maximum Gasteiger partial charge on any atom is 0.255 e. The van der Waals surface area contributed by atoms with Gasteiger partial charge in [0.2, 0.25) is 5.91 Å². The van der Waals surface area contributed by atoms with Crippen LogP contribution in [0.25, 0.3) is 5.69 Å². The third-order valence-corrected chi connectivity index (χ3v) is 4.87. The van der Waals surface area contributed by atoms with E-state index < -0.39 is 0 Å². The minimum atomic E-state index is -0.190. The predicted molar refractivity (Wildman–Crippen MR) is 109 cm³/mol. The fourth-order valence-corrected chi connectivity index (χ4v) is 3.52. The predicted octanol–water partition coefficient (Wildman–Crippen LogP) is 3.87. The molecular formula is C22H22N4O2. The van der Waals surface area contributed by atoms with Crippen molar-refractivity contribution in [3.63, 3.8) is 0 Å². The average molecular weight is 374 g/mol. The van der Waals surface area contributed by atoms with Crippen molar-refractivity contribution in [2.24, 2.45) is 0 Å². The first-order valence-corrected chi connectivity index (χ1v) is 9.37. The summed E-state index contributed by atoms with van der Waals surface area (Å²) in [5.74, 6) is -0.0620. The van der Waals surface area contributed by atoms with Gasteiger partial charge in [0.15, 0.2) is 0 Å². The molecule has 0 saturated carbocycles. The van der Waals surface area contributed by atoms with Crippen LogP contribution in [0.4, 0.5) is 11.4 Å². The van der Waals surface area contributed by atoms with Crippen molar-refractivity contribution < 1.29 is 9.59 Å². The molecule has 0 bridgehead atoms. The highest BCUT2D eigenvalue weighted by atomic mass is 16.2. The first kappa shape index (κ1) is 18.0. The third-order valence-electron chi connectivity index (χ3n) is 4.87. The van der Waals surface area contributed by atoms with Crippen molar-refractivity contribution in [1.29, 1.82) is 0 Å². The summed E-state index contributed by atoms with van der Waals surface area (Å²) < 4.78 is 1.85. The summed E-state index contributed by atoms with van der Waals surface area (Å²) in [5.41, 5.74) is 4.97. The minimum Gasteiger partial charge on any atom is -0.322 e. The molecule has 0 aliphatic carbocycles. The summed E-state index contributed by atoms with van der Waals surface area (Å²) in [4.78, 5) is 26.3. The number of nitrogens with zero attached hydrogens (tertiary/aromatic N) is 3. The van der Waals surface area contributed by atoms with Gasteiger partial charge in [0, 0.05) is 35.6 Å². The number of nitrogens with one attached hydrogen (secondary N) is 1. The molecule has 1 aliphatic heterocycles. The zero-order valence-corrected chi connectivity index (χ0v) is 16.0. The Morgan fingerprint density at radius 2 is 1.82 bits per heavy atom. The number of carbonyl (C=O) groups excluding carboxylic acids is 2. The van der Waals surface area contributed by atoms with Gasteiger partial charge >= 0.3 is 0 Å². The Morgan fingerprint density at radius 1 is 1.04 bits per heavy atom. The lowest BCUT2D eigenvalue weighted by molar-refractivity contribution is -0.117. The summed E-state index contributed by atoms with van der Waals surface area (Å²) >= 11 is 0. The summed E-state index contributed by atoms with van der Waals surface area (Å²) in [7, 11) is 0. The van der Waals surface area contributed by atoms with Crippen LogP contribution in [-0.4, -0.2) is 28.1 Å². The Kier molecular flexibility index (Phi) is 4.69. The van der Waals surface area contributed by atoms with Gasteiger partial charge in [0.25, 0.3) is 5.91 Å². The quantitative estimate of drug-likeness (QED) is 0.754. The monoisotopic (exact) mass is 374 g/mol. The number of amides is 2. The summed E-state index contributed by atoms with van der Waals surface area (Å²) in [5, 5.41) is 7.37. The average Bonchev–Trinajstić information content (AvgIpc) is 3.26. The third kappa shape index (κ3) is 3.53. The molecule has 0 unspecified atom stereocenters. The number of hydrogen-bond donors (Lipinski definition) is 1. The fraction of sp³-hybridized carbons (Fsp3) is 0.227. The zero-order chi connectivity index (χ0) is 19.7. The van der Waals surface area contributed by atoms with Crippen LogP contribution in [-0.2, 0) is 4.79 Å². The Morgan fingerprint density at radius 3 is 2.46 bits per heavy atom. The molecule has 4 rings (SSSR count). The Bertz CT molecular complexity index is 1040. The van der Waals surface area contributed by atoms with E-state index in [1.165, 1.54) is 0 Å². The highest BCUT2D eigenvalue weighted by molar-refractivity contribution is 6.05. The van der Waals surface area contributed by atoms with E-state index in [1.807, 2.05) is 61.0 Å². The van der Waals surface area contributed by atoms with Crippen LogP contribution in [0.2, 0.25) is 0 Å². The van der Waals surface area contributed by atoms with Crippen molar-refractivity contribution in [2.75, 3.05) is 16.8 Å². The maximum absolute atomic E-state index is 12.6. The molecule has 1 aliphatic rings. The summed E-state index contributed by atoms with van der Waals surface area (Å²) in [6.45, 7) is 4.68. The van der Waals surface area contributed by atoms with Crippen LogP contribution >= 0.6 is 0 Å². The van der Waals surface area contributed by atoms with Crippen molar-refractivity contribution >= 4 is 23.2 Å². The number of benzene rings is 2. The van der Waals surface area contributed by atoms with Gasteiger partial charge in [-0.2, -0.15) is 5.10 Å². The number of carbonyl (C=O) groups is 2. The molecule has 0 atom stereocenters. The van der Waals surface area contributed by atoms with E-state index in [0.29, 0.717) is 17.7 Å². The lowest BCUT2D eigenvalue weighted by Crippen LogP contribution is -2.23. The van der Waals surface area contributed by atoms with Crippen molar-refractivity contribution in [2.45, 2.75) is 26.7 Å². The van der Waals surface area contributed by atoms with E-state index in [0.717, 1.165) is 35.7 Å². The van der Waals surface area contributed by atoms with Gasteiger partial charge in [0.05, 0.1) is 11.4 Å². The second-order valence-electron chi connectivity index (χ2n) is 7.04. The van der Waals surface area contributed by atoms with Crippen molar-refractivity contribution in [3.8, 4) is 5.69 Å². The molecule has 2 amide bonds. The molecule has 3 aromatic rings. The minimum absolute atomic E-state index is 0.128. The second kappa shape index (κ2) is 7.31. The van der Waals surface area contributed by atoms with E-state index in [2.05, 4.69) is 10.4 Å². The standard InChI is InChI=1S/C22H22N4O2/c1-15-13-16(2)26(24-15)19-10-8-17(9-11-19)22(28)23-18-5-3-6-20(14-18)25-12-4-7-21(25)27/h3,5-6,8-11,13-14H,4,7,12H2,1-2H3,(H,23,28). The summed E-state index contributed by atoms with van der Waals surface area (Å²) in [6, 6.07) is 16.8. The molecule has 1 saturated heterocycles. The molecule has 0 spiro atoms. The molecule has 6 nitrogen and oxygen atoms in total. The summed E-state index contributed by atoms with van der Waals surface area (Å²) in [6.07, 6.45) is 1.45. The van der Waals surface area contributed by atoms with Crippen LogP contribution < -0.4 is 10.2 Å². The van der Waals surface area contributed by atoms with Gasteiger partial charge in [-0.1, -0.05) is 6.07 Å². The first-order chi connectivity index (χ1) is 13.5. The zero-order valence-electron chi connectivity index (χ0n) is 16.0. The highest BCUT2D eigenvalue weighted by Gasteiger charge is 2.21. The van der Waals surface area contributed by atoms with Crippen LogP contribution in [0.1, 0.15) is 34.6 Å². The topological polar surface area (TPSA) is 67.2 Å². The lowest BCUT2D eigenvalue weighted by atomic mass is 10.2. The Hall–Kier alpha value is -3.41. The van der Waals surface area contributed by atoms with E-state index in [9.17, 15) is 9.59 Å². The van der Waals surface area contributed by atoms with Crippen LogP contribution in [0.15, 0.2) is 54.6 Å². The largest absolute Gasteiger partial charge is 0.322 e. The molecule has 28 heavy (non-hydrogen) atoms. The molecule has 6 heteroatoms. The van der Waals surface area contributed by atoms with Crippen LogP contribution in [0.5, 0.6) is 0 Å². The van der Waals surface area contributed by atoms with Crippen LogP contribution in [0, 0.1) is 13.8 Å². The van der Waals surface area contributed by atoms with E-state index in [4.69, 9.17) is 0 Å². The molecule has 142 valence electrons. The second-order valence-corrected chi connectivity index (χ2v) is 7.04. The molecular weight excluding hydrogens is 352 g/mol. The number of aryl methyl sites for hydroxylation is 2. The number of aromatic nitrogens is 2. The lowest BCUT2D eigenvalue weighted by Gasteiger charge is -2.16. The van der Waals surface area contributed by atoms with Gasteiger partial charge < -0.3 is 10.2 Å². The number of rotatable bonds is 4. The van der Waals surface area contributed by atoms with Crippen LogP contribution in [0.3, 0.4) is 0 Å². The maximum atomic E-state index is 12.6. The number of hydrogen-bond acceptors (Lipinski definition) is 3. The van der Waals surface area contributed by atoms with E-state index in [1.54, 1.807) is 17.0 Å². The molecule has 1 fully saturated rings. The molecule has 1 N–H and O–H groups in total. The van der Waals surface area contributed by atoms with E-state index >= 15 is 0 Å². The number of anilines is 2. The Balaban J connectivity index is 1.49. The molecule has 2 aromatic carbocycles. The Labute approximate surface area is 163 Å². The van der Waals surface area contributed by atoms with Crippen molar-refractivity contribution in [3.05, 3.63) is 71.5 Å². The fourth-order valence-electron chi connectivity index (χ4n) is 3.52. The molecule has 1 aromatic heterocycles. The van der Waals surface area contributed by atoms with Gasteiger partial charge in [-0.25, -0.2) is 4.68 Å². The van der Waals surface area contributed by atoms with E-state index in [-0.39, 0.29) is 11.8 Å². The first-order valence-electron chi connectivity index (χ1n) is 9.37. The molecule has 0 radical (unpaired) electrons. The van der Waals surface area contributed by atoms with Gasteiger partial charge in [-0.3, -0.25) is 9.59 Å². The van der Waals surface area contributed by atoms with Gasteiger partial charge in [-0.15, -0.1) is 0 Å². The molecule has 2 heterocycles.